The fraction of sp³-hybridized carbons (Fsp3) is 0.800. The number of carbonyl (C=O) groups is 1. The van der Waals surface area contributed by atoms with Gasteiger partial charge in [0.2, 0.25) is 5.79 Å². The van der Waals surface area contributed by atoms with Gasteiger partial charge in [0.25, 0.3) is 0 Å². The molecule has 3 nitrogen and oxygen atoms in total. The Labute approximate surface area is 47.5 Å². The van der Waals surface area contributed by atoms with Crippen LogP contribution in [0, 0.1) is 0 Å². The van der Waals surface area contributed by atoms with E-state index in [0.29, 0.717) is 6.42 Å². The summed E-state index contributed by atoms with van der Waals surface area (Å²) in [5.41, 5.74) is 0. The summed E-state index contributed by atoms with van der Waals surface area (Å²) < 4.78 is 0. The smallest absolute Gasteiger partial charge is 0.238 e. The normalized spacial score (nSPS) is 22.8. The first-order chi connectivity index (χ1) is 3.62. The highest BCUT2D eigenvalue weighted by Crippen LogP contribution is 2.31. The molecule has 0 aromatic heterocycles. The predicted octanol–water partition coefficient (Wildman–Crippen LogP) is 0.643. The molecule has 0 aromatic rings. The number of Topliss-reactive ketones (excluding diaryl/α,β-unsaturated/α-hetero) is 1. The molecule has 0 aromatic carbocycles. The topological polar surface area (TPSA) is 42.1 Å². The second-order valence-electron chi connectivity index (χ2n) is 2.18. The lowest BCUT2D eigenvalue weighted by molar-refractivity contribution is -0.118. The van der Waals surface area contributed by atoms with Crippen LogP contribution in [0.1, 0.15) is 20.3 Å². The molecule has 1 heterocycles. The van der Waals surface area contributed by atoms with Gasteiger partial charge in [0, 0.05) is 0 Å². The maximum absolute atomic E-state index is 10.3. The van der Waals surface area contributed by atoms with Crippen LogP contribution in [0.2, 0.25) is 0 Å². The molecule has 0 radical (unpaired) electrons. The van der Waals surface area contributed by atoms with Crippen molar-refractivity contribution in [3.63, 3.8) is 0 Å². The maximum atomic E-state index is 10.3. The molecule has 3 heteroatoms. The first-order valence-electron chi connectivity index (χ1n) is 2.49. The summed E-state index contributed by atoms with van der Waals surface area (Å²) >= 11 is 0. The van der Waals surface area contributed by atoms with Gasteiger partial charge < -0.3 is 0 Å². The van der Waals surface area contributed by atoms with Gasteiger partial charge in [-0.15, -0.1) is 0 Å². The zero-order valence-electron chi connectivity index (χ0n) is 4.93. The van der Waals surface area contributed by atoms with Crippen LogP contribution in [-0.4, -0.2) is 11.6 Å². The number of hydrogen-bond donors (Lipinski definition) is 0. The van der Waals surface area contributed by atoms with Crippen molar-refractivity contribution >= 4 is 5.78 Å². The summed E-state index contributed by atoms with van der Waals surface area (Å²) in [5.74, 6) is -0.490. The molecule has 0 bridgehead atoms. The Bertz CT molecular complexity index is 115. The third-order valence-electron chi connectivity index (χ3n) is 0.938. The average molecular weight is 116 g/mol. The van der Waals surface area contributed by atoms with E-state index in [1.54, 1.807) is 6.92 Å². The van der Waals surface area contributed by atoms with Gasteiger partial charge in [0.1, 0.15) is 5.78 Å². The van der Waals surface area contributed by atoms with Gasteiger partial charge in [-0.3, -0.25) is 4.79 Å². The van der Waals surface area contributed by atoms with Crippen molar-refractivity contribution < 1.29 is 14.6 Å². The zero-order chi connectivity index (χ0) is 6.20. The number of ketones is 1. The van der Waals surface area contributed by atoms with Crippen LogP contribution in [0.15, 0.2) is 0 Å². The van der Waals surface area contributed by atoms with Gasteiger partial charge >= 0.3 is 0 Å². The van der Waals surface area contributed by atoms with Gasteiger partial charge in [0.15, 0.2) is 0 Å². The zero-order valence-corrected chi connectivity index (χ0v) is 4.93. The van der Waals surface area contributed by atoms with Gasteiger partial charge in [-0.2, -0.15) is 9.78 Å². The first-order valence-corrected chi connectivity index (χ1v) is 2.49. The Balaban J connectivity index is 2.29. The van der Waals surface area contributed by atoms with Crippen LogP contribution in [-0.2, 0) is 14.6 Å². The van der Waals surface area contributed by atoms with E-state index in [1.165, 1.54) is 6.92 Å². The fourth-order valence-corrected chi connectivity index (χ4v) is 0.582. The molecule has 1 rings (SSSR count). The largest absolute Gasteiger partial charge is 0.300 e. The summed E-state index contributed by atoms with van der Waals surface area (Å²) in [7, 11) is 0. The molecule has 8 heavy (non-hydrogen) atoms. The van der Waals surface area contributed by atoms with E-state index in [0.717, 1.165) is 0 Å². The van der Waals surface area contributed by atoms with Crippen molar-refractivity contribution in [3.05, 3.63) is 0 Å². The van der Waals surface area contributed by atoms with Crippen LogP contribution < -0.4 is 0 Å². The summed E-state index contributed by atoms with van der Waals surface area (Å²) in [6.07, 6.45) is 0.354. The Kier molecular flexibility index (Phi) is 1.10. The van der Waals surface area contributed by atoms with E-state index < -0.39 is 5.79 Å². The molecule has 0 unspecified atom stereocenters. The summed E-state index contributed by atoms with van der Waals surface area (Å²) in [6.45, 7) is 3.24. The fourth-order valence-electron chi connectivity index (χ4n) is 0.582. The van der Waals surface area contributed by atoms with Crippen molar-refractivity contribution in [2.75, 3.05) is 0 Å². The van der Waals surface area contributed by atoms with Gasteiger partial charge in [-0.1, -0.05) is 0 Å². The van der Waals surface area contributed by atoms with Gasteiger partial charge in [0.05, 0.1) is 6.42 Å². The second-order valence-corrected chi connectivity index (χ2v) is 2.18. The van der Waals surface area contributed by atoms with Crippen molar-refractivity contribution in [2.45, 2.75) is 26.1 Å². The summed E-state index contributed by atoms with van der Waals surface area (Å²) in [5, 5.41) is 0. The minimum absolute atomic E-state index is 0.0880. The molecule has 0 atom stereocenters. The minimum Gasteiger partial charge on any atom is -0.300 e. The second kappa shape index (κ2) is 1.53. The number of rotatable bonds is 2. The Morgan fingerprint density at radius 3 is 2.25 bits per heavy atom. The molecule has 0 saturated carbocycles. The van der Waals surface area contributed by atoms with Gasteiger partial charge in [-0.25, -0.2) is 0 Å². The SMILES string of the molecule is CC(=O)CC1(C)OO1. The molecule has 1 aliphatic rings. The Morgan fingerprint density at radius 1 is 1.62 bits per heavy atom. The molecule has 1 saturated heterocycles. The van der Waals surface area contributed by atoms with Crippen molar-refractivity contribution in [1.29, 1.82) is 0 Å². The molecule has 1 aliphatic heterocycles. The lowest BCUT2D eigenvalue weighted by atomic mass is 10.2. The molecule has 0 aliphatic carbocycles. The lowest BCUT2D eigenvalue weighted by Gasteiger charge is -1.90. The third kappa shape index (κ3) is 1.28. The molecule has 0 N–H and O–H groups in total. The molecule has 46 valence electrons. The van der Waals surface area contributed by atoms with Crippen LogP contribution >= 0.6 is 0 Å². The van der Waals surface area contributed by atoms with Gasteiger partial charge in [-0.05, 0) is 13.8 Å². The van der Waals surface area contributed by atoms with E-state index in [9.17, 15) is 4.79 Å². The van der Waals surface area contributed by atoms with E-state index >= 15 is 0 Å². The van der Waals surface area contributed by atoms with Crippen LogP contribution in [0.5, 0.6) is 0 Å². The van der Waals surface area contributed by atoms with E-state index in [4.69, 9.17) is 0 Å². The Morgan fingerprint density at radius 2 is 2.12 bits per heavy atom. The first kappa shape index (κ1) is 5.72. The molecular weight excluding hydrogens is 108 g/mol. The highest BCUT2D eigenvalue weighted by atomic mass is 17.4. The predicted molar refractivity (Wildman–Crippen MR) is 25.9 cm³/mol. The highest BCUT2D eigenvalue weighted by Gasteiger charge is 2.44. The van der Waals surface area contributed by atoms with Crippen molar-refractivity contribution in [1.82, 2.24) is 0 Å². The summed E-state index contributed by atoms with van der Waals surface area (Å²) in [6, 6.07) is 0. The van der Waals surface area contributed by atoms with Crippen LogP contribution in [0.3, 0.4) is 0 Å². The molecule has 1 fully saturated rings. The van der Waals surface area contributed by atoms with E-state index in [1.807, 2.05) is 0 Å². The third-order valence-corrected chi connectivity index (χ3v) is 0.938. The van der Waals surface area contributed by atoms with E-state index in [-0.39, 0.29) is 5.78 Å². The van der Waals surface area contributed by atoms with Crippen molar-refractivity contribution in [2.24, 2.45) is 0 Å². The van der Waals surface area contributed by atoms with Crippen LogP contribution in [0.25, 0.3) is 0 Å². The lowest BCUT2D eigenvalue weighted by Crippen LogP contribution is -2.08. The standard InChI is InChI=1S/C5H8O3/c1-4(6)3-5(2)7-8-5/h3H2,1-2H3. The van der Waals surface area contributed by atoms with Crippen LogP contribution in [0.4, 0.5) is 0 Å². The quantitative estimate of drug-likeness (QED) is 0.393. The van der Waals surface area contributed by atoms with E-state index in [2.05, 4.69) is 9.78 Å². The number of hydrogen-bond acceptors (Lipinski definition) is 3. The Hall–Kier alpha value is -0.410. The number of carbonyl (C=O) groups excluding carboxylic acids is 1. The molecular formula is C5H8O3. The molecule has 0 spiro atoms. The van der Waals surface area contributed by atoms with Crippen molar-refractivity contribution in [3.8, 4) is 0 Å². The monoisotopic (exact) mass is 116 g/mol. The average Bonchev–Trinajstić information content (AvgIpc) is 2.17. The molecule has 0 amide bonds. The summed E-state index contributed by atoms with van der Waals surface area (Å²) in [4.78, 5) is 19.3. The maximum Gasteiger partial charge on any atom is 0.238 e. The highest BCUT2D eigenvalue weighted by molar-refractivity contribution is 5.76. The minimum atomic E-state index is -0.578.